The highest BCUT2D eigenvalue weighted by Gasteiger charge is 2.31. The Bertz CT molecular complexity index is 349. The number of nitrogens with zero attached hydrogens (tertiary/aromatic N) is 1. The Labute approximate surface area is 119 Å². The molecule has 0 saturated carbocycles. The maximum absolute atomic E-state index is 2.63. The molecule has 1 aromatic rings. The molecule has 2 rings (SSSR count). The van der Waals surface area contributed by atoms with Crippen LogP contribution in [0.4, 0.5) is 0 Å². The van der Waals surface area contributed by atoms with Gasteiger partial charge in [0.2, 0.25) is 0 Å². The molecule has 0 unspecified atom stereocenters. The van der Waals surface area contributed by atoms with E-state index < -0.39 is 0 Å². The van der Waals surface area contributed by atoms with Crippen LogP contribution >= 0.6 is 0 Å². The lowest BCUT2D eigenvalue weighted by atomic mass is 9.72. The lowest BCUT2D eigenvalue weighted by Crippen LogP contribution is -2.39. The highest BCUT2D eigenvalue weighted by Crippen LogP contribution is 2.39. The van der Waals surface area contributed by atoms with E-state index in [0.717, 1.165) is 6.54 Å². The fraction of sp³-hybridized carbons (Fsp3) is 0.667. The van der Waals surface area contributed by atoms with E-state index >= 15 is 0 Å². The summed E-state index contributed by atoms with van der Waals surface area (Å²) in [7, 11) is 0. The van der Waals surface area contributed by atoms with Gasteiger partial charge in [-0.25, -0.2) is 0 Å². The first-order valence-electron chi connectivity index (χ1n) is 8.04. The Balaban J connectivity index is 1.84. The molecule has 1 fully saturated rings. The summed E-state index contributed by atoms with van der Waals surface area (Å²) in [5.74, 6) is 0. The molecule has 0 N–H and O–H groups in total. The second kappa shape index (κ2) is 7.09. The first-order valence-corrected chi connectivity index (χ1v) is 8.04. The van der Waals surface area contributed by atoms with Crippen molar-refractivity contribution in [2.75, 3.05) is 13.1 Å². The van der Waals surface area contributed by atoms with Crippen LogP contribution in [0.5, 0.6) is 0 Å². The predicted octanol–water partition coefficient (Wildman–Crippen LogP) is 4.87. The van der Waals surface area contributed by atoms with E-state index in [4.69, 9.17) is 0 Å². The summed E-state index contributed by atoms with van der Waals surface area (Å²) in [6.07, 6.45) is 8.36. The molecule has 1 nitrogen and oxygen atoms in total. The van der Waals surface area contributed by atoms with E-state index in [9.17, 15) is 0 Å². The zero-order valence-corrected chi connectivity index (χ0v) is 12.7. The number of unbranched alkanes of at least 4 members (excludes halogenated alkanes) is 1. The molecular weight excluding hydrogens is 230 g/mol. The van der Waals surface area contributed by atoms with Gasteiger partial charge in [0.15, 0.2) is 0 Å². The standard InChI is InChI=1S/C18H29N/c1-3-5-11-18(4-2)12-14-19(15-13-18)16-17-9-7-6-8-10-17/h6-10H,3-5,11-16H2,1-2H3. The van der Waals surface area contributed by atoms with Gasteiger partial charge in [-0.2, -0.15) is 0 Å². The molecule has 0 bridgehead atoms. The summed E-state index contributed by atoms with van der Waals surface area (Å²) in [4.78, 5) is 2.63. The molecule has 106 valence electrons. The highest BCUT2D eigenvalue weighted by atomic mass is 15.1. The third-order valence-electron chi connectivity index (χ3n) is 4.98. The smallest absolute Gasteiger partial charge is 0.0233 e. The molecule has 0 radical (unpaired) electrons. The van der Waals surface area contributed by atoms with Crippen LogP contribution in [0.1, 0.15) is 57.9 Å². The number of benzene rings is 1. The largest absolute Gasteiger partial charge is 0.299 e. The quantitative estimate of drug-likeness (QED) is 0.704. The average molecular weight is 259 g/mol. The molecular formula is C18H29N. The van der Waals surface area contributed by atoms with E-state index in [1.807, 2.05) is 0 Å². The maximum Gasteiger partial charge on any atom is 0.0233 e. The van der Waals surface area contributed by atoms with E-state index in [-0.39, 0.29) is 0 Å². The van der Waals surface area contributed by atoms with Crippen LogP contribution in [0.15, 0.2) is 30.3 Å². The first kappa shape index (κ1) is 14.6. The van der Waals surface area contributed by atoms with Crippen molar-refractivity contribution in [3.8, 4) is 0 Å². The summed E-state index contributed by atoms with van der Waals surface area (Å²) in [6.45, 7) is 8.41. The Morgan fingerprint density at radius 1 is 1.05 bits per heavy atom. The van der Waals surface area contributed by atoms with Gasteiger partial charge < -0.3 is 0 Å². The minimum atomic E-state index is 0.656. The number of hydrogen-bond donors (Lipinski definition) is 0. The van der Waals surface area contributed by atoms with Crippen molar-refractivity contribution in [1.29, 1.82) is 0 Å². The summed E-state index contributed by atoms with van der Waals surface area (Å²) in [5, 5.41) is 0. The fourth-order valence-corrected chi connectivity index (χ4v) is 3.36. The van der Waals surface area contributed by atoms with Crippen LogP contribution in [0, 0.1) is 5.41 Å². The summed E-state index contributed by atoms with van der Waals surface area (Å²) >= 11 is 0. The van der Waals surface area contributed by atoms with Gasteiger partial charge in [0.1, 0.15) is 0 Å². The van der Waals surface area contributed by atoms with Crippen molar-refractivity contribution in [3.05, 3.63) is 35.9 Å². The Kier molecular flexibility index (Phi) is 5.45. The van der Waals surface area contributed by atoms with Gasteiger partial charge in [0.25, 0.3) is 0 Å². The first-order chi connectivity index (χ1) is 9.28. The van der Waals surface area contributed by atoms with Gasteiger partial charge in [-0.1, -0.05) is 63.4 Å². The molecule has 1 aliphatic heterocycles. The van der Waals surface area contributed by atoms with E-state index in [1.165, 1.54) is 57.2 Å². The van der Waals surface area contributed by atoms with Gasteiger partial charge >= 0.3 is 0 Å². The minimum absolute atomic E-state index is 0.656. The Hall–Kier alpha value is -0.820. The zero-order chi connectivity index (χ0) is 13.6. The third-order valence-corrected chi connectivity index (χ3v) is 4.98. The average Bonchev–Trinajstić information content (AvgIpc) is 2.48. The van der Waals surface area contributed by atoms with Crippen LogP contribution in [-0.2, 0) is 6.54 Å². The molecule has 1 aliphatic rings. The van der Waals surface area contributed by atoms with Crippen molar-refractivity contribution in [2.24, 2.45) is 5.41 Å². The Morgan fingerprint density at radius 2 is 1.74 bits per heavy atom. The molecule has 1 heterocycles. The predicted molar refractivity (Wildman–Crippen MR) is 83.2 cm³/mol. The van der Waals surface area contributed by atoms with Crippen LogP contribution in [0.2, 0.25) is 0 Å². The second-order valence-electron chi connectivity index (χ2n) is 6.22. The normalized spacial score (nSPS) is 19.5. The summed E-state index contributed by atoms with van der Waals surface area (Å²) in [6, 6.07) is 10.9. The SMILES string of the molecule is CCCCC1(CC)CCN(Cc2ccccc2)CC1. The molecule has 0 aliphatic carbocycles. The molecule has 1 saturated heterocycles. The number of hydrogen-bond acceptors (Lipinski definition) is 1. The second-order valence-corrected chi connectivity index (χ2v) is 6.22. The highest BCUT2D eigenvalue weighted by molar-refractivity contribution is 5.14. The maximum atomic E-state index is 2.63. The lowest BCUT2D eigenvalue weighted by molar-refractivity contribution is 0.0845. The van der Waals surface area contributed by atoms with Crippen LogP contribution in [0.3, 0.4) is 0 Å². The van der Waals surface area contributed by atoms with Gasteiger partial charge in [0, 0.05) is 6.54 Å². The van der Waals surface area contributed by atoms with E-state index in [1.54, 1.807) is 0 Å². The van der Waals surface area contributed by atoms with Gasteiger partial charge in [0.05, 0.1) is 0 Å². The van der Waals surface area contributed by atoms with Gasteiger partial charge in [-0.3, -0.25) is 4.90 Å². The minimum Gasteiger partial charge on any atom is -0.299 e. The topological polar surface area (TPSA) is 3.24 Å². The van der Waals surface area contributed by atoms with Crippen molar-refractivity contribution < 1.29 is 0 Å². The van der Waals surface area contributed by atoms with Gasteiger partial charge in [-0.15, -0.1) is 0 Å². The number of rotatable bonds is 6. The van der Waals surface area contributed by atoms with Crippen LogP contribution in [-0.4, -0.2) is 18.0 Å². The number of likely N-dealkylation sites (tertiary alicyclic amines) is 1. The Morgan fingerprint density at radius 3 is 2.32 bits per heavy atom. The zero-order valence-electron chi connectivity index (χ0n) is 12.7. The molecule has 1 aromatic carbocycles. The van der Waals surface area contributed by atoms with Crippen molar-refractivity contribution in [2.45, 2.75) is 58.9 Å². The van der Waals surface area contributed by atoms with Crippen LogP contribution in [0.25, 0.3) is 0 Å². The van der Waals surface area contributed by atoms with Gasteiger partial charge in [-0.05, 0) is 43.3 Å². The summed E-state index contributed by atoms with van der Waals surface area (Å²) < 4.78 is 0. The van der Waals surface area contributed by atoms with E-state index in [2.05, 4.69) is 49.1 Å². The van der Waals surface area contributed by atoms with Crippen molar-refractivity contribution in [3.63, 3.8) is 0 Å². The molecule has 1 heteroatoms. The molecule has 19 heavy (non-hydrogen) atoms. The van der Waals surface area contributed by atoms with Crippen molar-refractivity contribution >= 4 is 0 Å². The lowest BCUT2D eigenvalue weighted by Gasteiger charge is -2.41. The molecule has 0 atom stereocenters. The summed E-state index contributed by atoms with van der Waals surface area (Å²) in [5.41, 5.74) is 2.11. The number of piperidine rings is 1. The molecule has 0 spiro atoms. The fourth-order valence-electron chi connectivity index (χ4n) is 3.36. The van der Waals surface area contributed by atoms with Crippen molar-refractivity contribution in [1.82, 2.24) is 4.90 Å². The molecule has 0 aromatic heterocycles. The van der Waals surface area contributed by atoms with Crippen LogP contribution < -0.4 is 0 Å². The molecule has 0 amide bonds. The third kappa shape index (κ3) is 4.07. The van der Waals surface area contributed by atoms with E-state index in [0.29, 0.717) is 5.41 Å². The monoisotopic (exact) mass is 259 g/mol.